The van der Waals surface area contributed by atoms with E-state index < -0.39 is 0 Å². The molecule has 0 aromatic heterocycles. The standard InChI is InChI=1S/C19H22N2O4/c1-24-16-9-8-14(12-21-10-4-7-17(21)22)19(25-2)18(16)13-5-3-6-15(11-13)20-23/h3,5-6,8-9,11,20,23H,4,7,10,12H2,1-2H3. The van der Waals surface area contributed by atoms with E-state index in [1.165, 1.54) is 0 Å². The molecular formula is C19H22N2O4. The molecule has 1 heterocycles. The molecule has 1 fully saturated rings. The van der Waals surface area contributed by atoms with Gasteiger partial charge in [0.2, 0.25) is 5.91 Å². The van der Waals surface area contributed by atoms with Gasteiger partial charge in [-0.15, -0.1) is 0 Å². The first-order chi connectivity index (χ1) is 12.2. The number of hydrogen-bond donors (Lipinski definition) is 2. The number of hydrogen-bond acceptors (Lipinski definition) is 5. The minimum absolute atomic E-state index is 0.172. The van der Waals surface area contributed by atoms with Gasteiger partial charge >= 0.3 is 0 Å². The van der Waals surface area contributed by atoms with Crippen molar-refractivity contribution >= 4 is 11.6 Å². The monoisotopic (exact) mass is 342 g/mol. The Morgan fingerprint density at radius 3 is 2.68 bits per heavy atom. The minimum atomic E-state index is 0.172. The van der Waals surface area contributed by atoms with Crippen LogP contribution in [0.5, 0.6) is 11.5 Å². The third kappa shape index (κ3) is 3.39. The molecule has 2 aromatic rings. The predicted molar refractivity (Wildman–Crippen MR) is 95.0 cm³/mol. The van der Waals surface area contributed by atoms with Gasteiger partial charge in [0.15, 0.2) is 0 Å². The topological polar surface area (TPSA) is 71.0 Å². The molecule has 6 nitrogen and oxygen atoms in total. The van der Waals surface area contributed by atoms with Gasteiger partial charge in [-0.05, 0) is 36.2 Å². The van der Waals surface area contributed by atoms with Gasteiger partial charge in [0.1, 0.15) is 11.5 Å². The molecule has 0 saturated carbocycles. The van der Waals surface area contributed by atoms with Crippen LogP contribution >= 0.6 is 0 Å². The van der Waals surface area contributed by atoms with E-state index in [1.807, 2.05) is 35.2 Å². The van der Waals surface area contributed by atoms with E-state index in [-0.39, 0.29) is 5.91 Å². The largest absolute Gasteiger partial charge is 0.496 e. The smallest absolute Gasteiger partial charge is 0.222 e. The third-order valence-electron chi connectivity index (χ3n) is 4.44. The maximum absolute atomic E-state index is 12.0. The highest BCUT2D eigenvalue weighted by Gasteiger charge is 2.24. The van der Waals surface area contributed by atoms with Crippen molar-refractivity contribution in [2.75, 3.05) is 26.2 Å². The zero-order valence-corrected chi connectivity index (χ0v) is 14.4. The predicted octanol–water partition coefficient (Wildman–Crippen LogP) is 3.29. The summed E-state index contributed by atoms with van der Waals surface area (Å²) in [5.41, 5.74) is 5.30. The maximum atomic E-state index is 12.0. The molecule has 132 valence electrons. The molecule has 1 saturated heterocycles. The number of nitrogens with one attached hydrogen (secondary N) is 1. The lowest BCUT2D eigenvalue weighted by Gasteiger charge is -2.21. The molecule has 1 amide bonds. The van der Waals surface area contributed by atoms with Crippen LogP contribution in [0.15, 0.2) is 36.4 Å². The highest BCUT2D eigenvalue weighted by Crippen LogP contribution is 2.42. The molecule has 0 spiro atoms. The molecular weight excluding hydrogens is 320 g/mol. The lowest BCUT2D eigenvalue weighted by molar-refractivity contribution is -0.128. The molecule has 6 heteroatoms. The number of carbonyl (C=O) groups is 1. The summed E-state index contributed by atoms with van der Waals surface area (Å²) in [6, 6.07) is 11.1. The van der Waals surface area contributed by atoms with Crippen molar-refractivity contribution in [3.63, 3.8) is 0 Å². The average molecular weight is 342 g/mol. The SMILES string of the molecule is COc1ccc(CN2CCCC2=O)c(OC)c1-c1cccc(NO)c1. The molecule has 0 atom stereocenters. The van der Waals surface area contributed by atoms with Crippen LogP contribution < -0.4 is 15.0 Å². The first-order valence-corrected chi connectivity index (χ1v) is 8.20. The number of ether oxygens (including phenoxy) is 2. The normalized spacial score (nSPS) is 13.9. The fourth-order valence-electron chi connectivity index (χ4n) is 3.23. The second-order valence-corrected chi connectivity index (χ2v) is 5.95. The Morgan fingerprint density at radius 1 is 1.20 bits per heavy atom. The van der Waals surface area contributed by atoms with Gasteiger partial charge in [0.25, 0.3) is 0 Å². The zero-order chi connectivity index (χ0) is 17.8. The average Bonchev–Trinajstić information content (AvgIpc) is 3.06. The van der Waals surface area contributed by atoms with Crippen molar-refractivity contribution in [2.45, 2.75) is 19.4 Å². The Kier molecular flexibility index (Phi) is 5.09. The van der Waals surface area contributed by atoms with Gasteiger partial charge in [-0.25, -0.2) is 0 Å². The molecule has 25 heavy (non-hydrogen) atoms. The molecule has 3 rings (SSSR count). The number of anilines is 1. The summed E-state index contributed by atoms with van der Waals surface area (Å²) in [4.78, 5) is 13.8. The van der Waals surface area contributed by atoms with Crippen LogP contribution in [-0.4, -0.2) is 36.8 Å². The van der Waals surface area contributed by atoms with Crippen LogP contribution in [0, 0.1) is 0 Å². The molecule has 1 aliphatic rings. The number of amides is 1. The zero-order valence-electron chi connectivity index (χ0n) is 14.4. The molecule has 2 N–H and O–H groups in total. The van der Waals surface area contributed by atoms with Crippen molar-refractivity contribution in [3.8, 4) is 22.6 Å². The molecule has 0 unspecified atom stereocenters. The van der Waals surface area contributed by atoms with E-state index in [9.17, 15) is 10.0 Å². The number of likely N-dealkylation sites (tertiary alicyclic amines) is 1. The summed E-state index contributed by atoms with van der Waals surface area (Å²) in [5.74, 6) is 1.52. The second kappa shape index (κ2) is 7.44. The first kappa shape index (κ1) is 17.1. The molecule has 0 aliphatic carbocycles. The van der Waals surface area contributed by atoms with Crippen LogP contribution in [0.4, 0.5) is 5.69 Å². The molecule has 2 aromatic carbocycles. The Labute approximate surface area is 146 Å². The summed E-state index contributed by atoms with van der Waals surface area (Å²) in [7, 11) is 3.22. The Hall–Kier alpha value is -2.73. The summed E-state index contributed by atoms with van der Waals surface area (Å²) in [5, 5.41) is 9.18. The van der Waals surface area contributed by atoms with Gasteiger partial charge in [0.05, 0.1) is 25.5 Å². The molecule has 1 aliphatic heterocycles. The van der Waals surface area contributed by atoms with Crippen molar-refractivity contribution in [1.29, 1.82) is 0 Å². The van der Waals surface area contributed by atoms with E-state index in [0.717, 1.165) is 29.7 Å². The Balaban J connectivity index is 2.08. The van der Waals surface area contributed by atoms with Crippen LogP contribution in [0.1, 0.15) is 18.4 Å². The highest BCUT2D eigenvalue weighted by molar-refractivity contribution is 5.81. The Morgan fingerprint density at radius 2 is 2.04 bits per heavy atom. The highest BCUT2D eigenvalue weighted by atomic mass is 16.5. The van der Waals surface area contributed by atoms with Gasteiger partial charge in [-0.1, -0.05) is 12.1 Å². The van der Waals surface area contributed by atoms with Crippen LogP contribution in [0.3, 0.4) is 0 Å². The number of benzene rings is 2. The fraction of sp³-hybridized carbons (Fsp3) is 0.316. The van der Waals surface area contributed by atoms with E-state index in [2.05, 4.69) is 5.48 Å². The van der Waals surface area contributed by atoms with Crippen molar-refractivity contribution < 1.29 is 19.5 Å². The third-order valence-corrected chi connectivity index (χ3v) is 4.44. The van der Waals surface area contributed by atoms with Crippen LogP contribution in [-0.2, 0) is 11.3 Å². The van der Waals surface area contributed by atoms with Crippen molar-refractivity contribution in [3.05, 3.63) is 42.0 Å². The van der Waals surface area contributed by atoms with E-state index in [4.69, 9.17) is 9.47 Å². The quantitative estimate of drug-likeness (QED) is 0.788. The number of nitrogens with zero attached hydrogens (tertiary/aromatic N) is 1. The first-order valence-electron chi connectivity index (χ1n) is 8.20. The Bertz CT molecular complexity index is 776. The summed E-state index contributed by atoms with van der Waals surface area (Å²) in [6.45, 7) is 1.28. The number of methoxy groups -OCH3 is 2. The lowest BCUT2D eigenvalue weighted by Crippen LogP contribution is -2.24. The van der Waals surface area contributed by atoms with Gasteiger partial charge in [0, 0.05) is 25.1 Å². The summed E-state index contributed by atoms with van der Waals surface area (Å²) in [6.07, 6.45) is 1.50. The molecule has 0 radical (unpaired) electrons. The van der Waals surface area contributed by atoms with Crippen molar-refractivity contribution in [1.82, 2.24) is 4.90 Å². The van der Waals surface area contributed by atoms with E-state index >= 15 is 0 Å². The van der Waals surface area contributed by atoms with Gasteiger partial charge in [-0.3, -0.25) is 15.5 Å². The van der Waals surface area contributed by atoms with Crippen molar-refractivity contribution in [2.24, 2.45) is 0 Å². The number of rotatable bonds is 6. The minimum Gasteiger partial charge on any atom is -0.496 e. The second-order valence-electron chi connectivity index (χ2n) is 5.95. The molecule has 0 bridgehead atoms. The lowest BCUT2D eigenvalue weighted by atomic mass is 9.99. The van der Waals surface area contributed by atoms with Gasteiger partial charge < -0.3 is 14.4 Å². The van der Waals surface area contributed by atoms with E-state index in [1.54, 1.807) is 20.3 Å². The van der Waals surface area contributed by atoms with Crippen LogP contribution in [0.2, 0.25) is 0 Å². The fourth-order valence-corrected chi connectivity index (χ4v) is 3.23. The number of carbonyl (C=O) groups excluding carboxylic acids is 1. The van der Waals surface area contributed by atoms with E-state index in [0.29, 0.717) is 30.2 Å². The summed E-state index contributed by atoms with van der Waals surface area (Å²) < 4.78 is 11.2. The van der Waals surface area contributed by atoms with Crippen LogP contribution in [0.25, 0.3) is 11.1 Å². The summed E-state index contributed by atoms with van der Waals surface area (Å²) >= 11 is 0. The maximum Gasteiger partial charge on any atom is 0.222 e. The van der Waals surface area contributed by atoms with Gasteiger partial charge in [-0.2, -0.15) is 0 Å².